The third-order valence-corrected chi connectivity index (χ3v) is 2.38. The number of amides is 1. The van der Waals surface area contributed by atoms with Crippen LogP contribution in [0.4, 0.5) is 5.69 Å². The van der Waals surface area contributed by atoms with Gasteiger partial charge in [0.1, 0.15) is 5.75 Å². The van der Waals surface area contributed by atoms with Crippen molar-refractivity contribution in [2.24, 2.45) is 0 Å². The maximum absolute atomic E-state index is 11.3. The normalized spacial score (nSPS) is 20.4. The van der Waals surface area contributed by atoms with E-state index in [0.717, 1.165) is 5.69 Å². The molecule has 1 atom stereocenters. The van der Waals surface area contributed by atoms with Crippen molar-refractivity contribution in [1.82, 2.24) is 0 Å². The van der Waals surface area contributed by atoms with Gasteiger partial charge in [-0.3, -0.25) is 4.79 Å². The number of rotatable bonds is 2. The molecule has 1 aromatic rings. The van der Waals surface area contributed by atoms with Crippen LogP contribution < -0.4 is 4.90 Å². The molecule has 0 bridgehead atoms. The monoisotopic (exact) mass is 189 g/mol. The van der Waals surface area contributed by atoms with E-state index in [1.165, 1.54) is 0 Å². The van der Waals surface area contributed by atoms with Crippen LogP contribution >= 0.6 is 0 Å². The number of benzene rings is 1. The fourth-order valence-corrected chi connectivity index (χ4v) is 1.58. The predicted octanol–water partition coefficient (Wildman–Crippen LogP) is 1.68. The first-order chi connectivity index (χ1) is 6.72. The van der Waals surface area contributed by atoms with Crippen LogP contribution in [0.25, 0.3) is 0 Å². The van der Waals surface area contributed by atoms with E-state index in [1.807, 2.05) is 0 Å². The van der Waals surface area contributed by atoms with Gasteiger partial charge in [0.2, 0.25) is 5.91 Å². The first-order valence-electron chi connectivity index (χ1n) is 4.46. The van der Waals surface area contributed by atoms with Gasteiger partial charge in [-0.1, -0.05) is 6.08 Å². The van der Waals surface area contributed by atoms with Crippen LogP contribution in [0.2, 0.25) is 0 Å². The summed E-state index contributed by atoms with van der Waals surface area (Å²) in [5, 5.41) is 9.09. The second-order valence-electron chi connectivity index (χ2n) is 3.29. The number of carbonyl (C=O) groups is 1. The van der Waals surface area contributed by atoms with Crippen molar-refractivity contribution in [1.29, 1.82) is 0 Å². The Bertz CT molecular complexity index is 369. The van der Waals surface area contributed by atoms with Gasteiger partial charge in [0, 0.05) is 5.69 Å². The summed E-state index contributed by atoms with van der Waals surface area (Å²) in [5.41, 5.74) is 0.809. The molecule has 1 aliphatic rings. The molecule has 0 aliphatic carbocycles. The first-order valence-corrected chi connectivity index (χ1v) is 4.46. The Hall–Kier alpha value is -1.77. The number of aromatic hydroxyl groups is 1. The average Bonchev–Trinajstić information content (AvgIpc) is 2.17. The van der Waals surface area contributed by atoms with E-state index in [2.05, 4.69) is 6.58 Å². The molecule has 14 heavy (non-hydrogen) atoms. The van der Waals surface area contributed by atoms with Crippen molar-refractivity contribution in [2.45, 2.75) is 12.5 Å². The number of anilines is 1. The molecule has 1 N–H and O–H groups in total. The highest BCUT2D eigenvalue weighted by Crippen LogP contribution is 2.29. The molecule has 1 saturated heterocycles. The number of hydrogen-bond donors (Lipinski definition) is 1. The van der Waals surface area contributed by atoms with Crippen molar-refractivity contribution in [3.05, 3.63) is 36.9 Å². The van der Waals surface area contributed by atoms with E-state index in [-0.39, 0.29) is 17.7 Å². The molecule has 1 heterocycles. The summed E-state index contributed by atoms with van der Waals surface area (Å²) in [5.74, 6) is 0.303. The van der Waals surface area contributed by atoms with Crippen molar-refractivity contribution < 1.29 is 9.90 Å². The van der Waals surface area contributed by atoms with Gasteiger partial charge in [0.25, 0.3) is 0 Å². The van der Waals surface area contributed by atoms with Crippen LogP contribution in [0, 0.1) is 0 Å². The lowest BCUT2D eigenvalue weighted by molar-refractivity contribution is -0.123. The molecular formula is C11H11NO2. The number of carbonyl (C=O) groups excluding carboxylic acids is 1. The summed E-state index contributed by atoms with van der Waals surface area (Å²) in [6.45, 7) is 3.67. The van der Waals surface area contributed by atoms with E-state index in [1.54, 1.807) is 35.2 Å². The van der Waals surface area contributed by atoms with Gasteiger partial charge in [0.15, 0.2) is 0 Å². The fourth-order valence-electron chi connectivity index (χ4n) is 1.58. The largest absolute Gasteiger partial charge is 0.508 e. The Morgan fingerprint density at radius 1 is 1.43 bits per heavy atom. The highest BCUT2D eigenvalue weighted by atomic mass is 16.3. The maximum atomic E-state index is 11.3. The lowest BCUT2D eigenvalue weighted by Crippen LogP contribution is -2.51. The zero-order valence-corrected chi connectivity index (χ0v) is 7.68. The molecule has 3 heteroatoms. The molecule has 1 amide bonds. The topological polar surface area (TPSA) is 40.5 Å². The second kappa shape index (κ2) is 3.18. The molecule has 1 aromatic carbocycles. The Morgan fingerprint density at radius 2 is 2.07 bits per heavy atom. The molecule has 2 rings (SSSR count). The number of nitrogens with zero attached hydrogens (tertiary/aromatic N) is 1. The van der Waals surface area contributed by atoms with Gasteiger partial charge in [-0.05, 0) is 24.3 Å². The standard InChI is InChI=1S/C11H11NO2/c1-2-8-7-11(14)12(8)9-3-5-10(13)6-4-9/h2-6,8,13H,1,7H2/t8-/m0/s1. The van der Waals surface area contributed by atoms with Crippen LogP contribution in [0.15, 0.2) is 36.9 Å². The summed E-state index contributed by atoms with van der Waals surface area (Å²) in [6.07, 6.45) is 2.29. The summed E-state index contributed by atoms with van der Waals surface area (Å²) >= 11 is 0. The van der Waals surface area contributed by atoms with E-state index in [0.29, 0.717) is 6.42 Å². The Kier molecular flexibility index (Phi) is 2.00. The van der Waals surface area contributed by atoms with Crippen LogP contribution in [-0.4, -0.2) is 17.1 Å². The highest BCUT2D eigenvalue weighted by molar-refractivity contribution is 6.01. The molecule has 1 fully saturated rings. The van der Waals surface area contributed by atoms with Crippen molar-refractivity contribution >= 4 is 11.6 Å². The van der Waals surface area contributed by atoms with Gasteiger partial charge in [-0.2, -0.15) is 0 Å². The van der Waals surface area contributed by atoms with Crippen molar-refractivity contribution in [3.8, 4) is 5.75 Å². The minimum Gasteiger partial charge on any atom is -0.508 e. The number of phenols is 1. The number of β-lactam (4-membered cyclic amide) rings is 1. The molecular weight excluding hydrogens is 178 g/mol. The summed E-state index contributed by atoms with van der Waals surface area (Å²) in [7, 11) is 0. The quantitative estimate of drug-likeness (QED) is 0.568. The fraction of sp³-hybridized carbons (Fsp3) is 0.182. The van der Waals surface area contributed by atoms with Gasteiger partial charge in [0.05, 0.1) is 12.5 Å². The minimum atomic E-state index is 0.0978. The number of hydrogen-bond acceptors (Lipinski definition) is 2. The Labute approximate surface area is 82.3 Å². The van der Waals surface area contributed by atoms with Gasteiger partial charge < -0.3 is 10.0 Å². The van der Waals surface area contributed by atoms with Gasteiger partial charge >= 0.3 is 0 Å². The lowest BCUT2D eigenvalue weighted by atomic mass is 10.0. The van der Waals surface area contributed by atoms with Crippen LogP contribution in [0.3, 0.4) is 0 Å². The molecule has 1 aliphatic heterocycles. The smallest absolute Gasteiger partial charge is 0.229 e. The summed E-state index contributed by atoms with van der Waals surface area (Å²) < 4.78 is 0. The van der Waals surface area contributed by atoms with Crippen molar-refractivity contribution in [2.75, 3.05) is 4.90 Å². The summed E-state index contributed by atoms with van der Waals surface area (Å²) in [4.78, 5) is 13.0. The van der Waals surface area contributed by atoms with Gasteiger partial charge in [-0.15, -0.1) is 6.58 Å². The Balaban J connectivity index is 2.26. The zero-order valence-electron chi connectivity index (χ0n) is 7.68. The van der Waals surface area contributed by atoms with Crippen LogP contribution in [0.1, 0.15) is 6.42 Å². The van der Waals surface area contributed by atoms with E-state index in [9.17, 15) is 4.79 Å². The third kappa shape index (κ3) is 1.27. The van der Waals surface area contributed by atoms with E-state index >= 15 is 0 Å². The number of phenolic OH excluding ortho intramolecular Hbond substituents is 1. The van der Waals surface area contributed by atoms with Gasteiger partial charge in [-0.25, -0.2) is 0 Å². The first kappa shape index (κ1) is 8.81. The third-order valence-electron chi connectivity index (χ3n) is 2.38. The SMILES string of the molecule is C=C[C@H]1CC(=O)N1c1ccc(O)cc1. The highest BCUT2D eigenvalue weighted by Gasteiger charge is 2.34. The summed E-state index contributed by atoms with van der Waals surface area (Å²) in [6, 6.07) is 6.69. The second-order valence-corrected chi connectivity index (χ2v) is 3.29. The molecule has 0 unspecified atom stereocenters. The molecule has 3 nitrogen and oxygen atoms in total. The van der Waals surface area contributed by atoms with Crippen LogP contribution in [0.5, 0.6) is 5.75 Å². The molecule has 0 aromatic heterocycles. The minimum absolute atomic E-state index is 0.0978. The van der Waals surface area contributed by atoms with E-state index < -0.39 is 0 Å². The Morgan fingerprint density at radius 3 is 2.57 bits per heavy atom. The molecule has 0 saturated carbocycles. The molecule has 0 spiro atoms. The maximum Gasteiger partial charge on any atom is 0.229 e. The lowest BCUT2D eigenvalue weighted by Gasteiger charge is -2.38. The average molecular weight is 189 g/mol. The molecule has 0 radical (unpaired) electrons. The van der Waals surface area contributed by atoms with Crippen molar-refractivity contribution in [3.63, 3.8) is 0 Å². The predicted molar refractivity (Wildman–Crippen MR) is 54.2 cm³/mol. The van der Waals surface area contributed by atoms with Crippen LogP contribution in [-0.2, 0) is 4.79 Å². The van der Waals surface area contributed by atoms with E-state index in [4.69, 9.17) is 5.11 Å². The molecule has 72 valence electrons. The zero-order chi connectivity index (χ0) is 10.1.